The second-order valence-electron chi connectivity index (χ2n) is 6.70. The number of halogens is 1. The summed E-state index contributed by atoms with van der Waals surface area (Å²) in [7, 11) is -1.54. The Hall–Kier alpha value is -0.830. The van der Waals surface area contributed by atoms with E-state index in [1.807, 2.05) is 6.07 Å². The van der Waals surface area contributed by atoms with Gasteiger partial charge in [0.15, 0.2) is 15.8 Å². The zero-order valence-electron chi connectivity index (χ0n) is 15.6. The summed E-state index contributed by atoms with van der Waals surface area (Å²) in [6.45, 7) is 1.22. The average Bonchev–Trinajstić information content (AvgIpc) is 3.14. The molecule has 1 saturated carbocycles. The van der Waals surface area contributed by atoms with E-state index in [0.29, 0.717) is 17.4 Å². The van der Waals surface area contributed by atoms with Crippen LogP contribution in [0.4, 0.5) is 0 Å². The van der Waals surface area contributed by atoms with Crippen molar-refractivity contribution in [2.24, 2.45) is 10.9 Å². The Morgan fingerprint density at radius 1 is 1.08 bits per heavy atom. The zero-order chi connectivity index (χ0) is 18.0. The fraction of sp³-hybridized carbons (Fsp3) is 0.632. The van der Waals surface area contributed by atoms with Crippen molar-refractivity contribution in [1.29, 1.82) is 0 Å². The molecule has 148 valence electrons. The van der Waals surface area contributed by atoms with Crippen molar-refractivity contribution < 1.29 is 8.42 Å². The Morgan fingerprint density at radius 3 is 2.38 bits per heavy atom. The molecule has 7 heteroatoms. The van der Waals surface area contributed by atoms with E-state index in [-0.39, 0.29) is 29.7 Å². The second kappa shape index (κ2) is 12.5. The predicted molar refractivity (Wildman–Crippen MR) is 119 cm³/mol. The highest BCUT2D eigenvalue weighted by atomic mass is 127. The molecule has 0 bridgehead atoms. The molecule has 2 rings (SSSR count). The van der Waals surface area contributed by atoms with Crippen LogP contribution in [0.25, 0.3) is 0 Å². The molecule has 0 unspecified atom stereocenters. The first-order valence-corrected chi connectivity index (χ1v) is 11.0. The van der Waals surface area contributed by atoms with Gasteiger partial charge in [-0.1, -0.05) is 56.7 Å². The molecule has 1 fully saturated rings. The van der Waals surface area contributed by atoms with Crippen molar-refractivity contribution in [1.82, 2.24) is 10.6 Å². The van der Waals surface area contributed by atoms with Gasteiger partial charge in [0.25, 0.3) is 0 Å². The molecule has 26 heavy (non-hydrogen) atoms. The van der Waals surface area contributed by atoms with Crippen LogP contribution >= 0.6 is 24.0 Å². The van der Waals surface area contributed by atoms with Crippen molar-refractivity contribution in [3.8, 4) is 0 Å². The van der Waals surface area contributed by atoms with Gasteiger partial charge in [-0.3, -0.25) is 4.99 Å². The van der Waals surface area contributed by atoms with Gasteiger partial charge in [-0.05, 0) is 24.5 Å². The van der Waals surface area contributed by atoms with E-state index in [0.717, 1.165) is 18.9 Å². The lowest BCUT2D eigenvalue weighted by atomic mass is 10.0. The molecule has 0 heterocycles. The summed E-state index contributed by atoms with van der Waals surface area (Å²) in [5.74, 6) is 1.67. The van der Waals surface area contributed by atoms with E-state index >= 15 is 0 Å². The molecular formula is C19H32IN3O2S. The topological polar surface area (TPSA) is 70.6 Å². The van der Waals surface area contributed by atoms with Crippen molar-refractivity contribution in [2.75, 3.05) is 25.9 Å². The summed E-state index contributed by atoms with van der Waals surface area (Å²) in [5.41, 5.74) is 0. The molecule has 0 aromatic heterocycles. The minimum atomic E-state index is -3.25. The zero-order valence-corrected chi connectivity index (χ0v) is 18.8. The lowest BCUT2D eigenvalue weighted by Crippen LogP contribution is -2.40. The van der Waals surface area contributed by atoms with Crippen LogP contribution in [0.15, 0.2) is 40.2 Å². The van der Waals surface area contributed by atoms with Crippen molar-refractivity contribution >= 4 is 39.8 Å². The van der Waals surface area contributed by atoms with Crippen LogP contribution < -0.4 is 10.6 Å². The summed E-state index contributed by atoms with van der Waals surface area (Å²) in [5, 5.41) is 6.35. The van der Waals surface area contributed by atoms with Gasteiger partial charge >= 0.3 is 0 Å². The first-order valence-electron chi connectivity index (χ1n) is 9.34. The molecule has 1 aromatic rings. The third-order valence-electron chi connectivity index (χ3n) is 4.80. The van der Waals surface area contributed by atoms with E-state index < -0.39 is 9.84 Å². The Bertz CT molecular complexity index is 629. The van der Waals surface area contributed by atoms with Crippen molar-refractivity contribution in [3.05, 3.63) is 30.3 Å². The number of aliphatic imine (C=N–C) groups is 1. The number of guanidine groups is 1. The maximum absolute atomic E-state index is 12.2. The SMILES string of the molecule is CN=C(NCCCCC1CCCC1)NCCS(=O)(=O)c1ccccc1.I. The third kappa shape index (κ3) is 8.24. The lowest BCUT2D eigenvalue weighted by molar-refractivity contribution is 0.472. The number of unbranched alkanes of at least 4 members (excludes halogenated alkanes) is 1. The van der Waals surface area contributed by atoms with Gasteiger partial charge in [0.05, 0.1) is 10.6 Å². The summed E-state index contributed by atoms with van der Waals surface area (Å²) in [6, 6.07) is 8.56. The Morgan fingerprint density at radius 2 is 1.73 bits per heavy atom. The van der Waals surface area contributed by atoms with E-state index in [4.69, 9.17) is 0 Å². The van der Waals surface area contributed by atoms with Gasteiger partial charge in [0.1, 0.15) is 0 Å². The molecule has 2 N–H and O–H groups in total. The molecule has 0 aliphatic heterocycles. The largest absolute Gasteiger partial charge is 0.356 e. The molecule has 0 saturated heterocycles. The molecule has 1 aliphatic rings. The number of sulfone groups is 1. The van der Waals surface area contributed by atoms with Crippen LogP contribution in [-0.4, -0.2) is 40.3 Å². The average molecular weight is 493 g/mol. The highest BCUT2D eigenvalue weighted by Gasteiger charge is 2.14. The quantitative estimate of drug-likeness (QED) is 0.239. The van der Waals surface area contributed by atoms with E-state index in [1.165, 1.54) is 38.5 Å². The van der Waals surface area contributed by atoms with Crippen LogP contribution in [-0.2, 0) is 9.84 Å². The van der Waals surface area contributed by atoms with Crippen LogP contribution in [0.3, 0.4) is 0 Å². The summed E-state index contributed by atoms with van der Waals surface area (Å²) >= 11 is 0. The highest BCUT2D eigenvalue weighted by molar-refractivity contribution is 14.0. The first-order chi connectivity index (χ1) is 12.1. The minimum absolute atomic E-state index is 0. The maximum Gasteiger partial charge on any atom is 0.191 e. The summed E-state index contributed by atoms with van der Waals surface area (Å²) < 4.78 is 24.5. The smallest absolute Gasteiger partial charge is 0.191 e. The lowest BCUT2D eigenvalue weighted by Gasteiger charge is -2.13. The molecule has 1 aliphatic carbocycles. The Labute approximate surface area is 175 Å². The second-order valence-corrected chi connectivity index (χ2v) is 8.81. The monoisotopic (exact) mass is 493 g/mol. The number of nitrogens with one attached hydrogen (secondary N) is 2. The van der Waals surface area contributed by atoms with Crippen molar-refractivity contribution in [3.63, 3.8) is 0 Å². The number of nitrogens with zero attached hydrogens (tertiary/aromatic N) is 1. The summed E-state index contributed by atoms with van der Waals surface area (Å²) in [6.07, 6.45) is 9.34. The van der Waals surface area contributed by atoms with Crippen LogP contribution in [0, 0.1) is 5.92 Å². The summed E-state index contributed by atoms with van der Waals surface area (Å²) in [4.78, 5) is 4.52. The molecular weight excluding hydrogens is 461 g/mol. The number of hydrogen-bond donors (Lipinski definition) is 2. The molecule has 0 spiro atoms. The Balaban J connectivity index is 0.00000338. The molecule has 0 amide bonds. The molecule has 5 nitrogen and oxygen atoms in total. The third-order valence-corrected chi connectivity index (χ3v) is 6.53. The predicted octanol–water partition coefficient (Wildman–Crippen LogP) is 3.60. The van der Waals surface area contributed by atoms with Gasteiger partial charge in [-0.15, -0.1) is 24.0 Å². The maximum atomic E-state index is 12.2. The standard InChI is InChI=1S/C19H31N3O2S.HI/c1-20-19(21-14-8-7-11-17-9-5-6-10-17)22-15-16-25(23,24)18-12-3-2-4-13-18;/h2-4,12-13,17H,5-11,14-16H2,1H3,(H2,20,21,22);1H. The normalized spacial score (nSPS) is 15.5. The number of hydrogen-bond acceptors (Lipinski definition) is 3. The Kier molecular flexibility index (Phi) is 11.2. The fourth-order valence-corrected chi connectivity index (χ4v) is 4.51. The van der Waals surface area contributed by atoms with Crippen LogP contribution in [0.2, 0.25) is 0 Å². The van der Waals surface area contributed by atoms with Crippen LogP contribution in [0.5, 0.6) is 0 Å². The number of rotatable bonds is 9. The van der Waals surface area contributed by atoms with E-state index in [2.05, 4.69) is 15.6 Å². The molecule has 0 radical (unpaired) electrons. The van der Waals surface area contributed by atoms with Gasteiger partial charge < -0.3 is 10.6 Å². The highest BCUT2D eigenvalue weighted by Crippen LogP contribution is 2.28. The van der Waals surface area contributed by atoms with E-state index in [1.54, 1.807) is 31.3 Å². The van der Waals surface area contributed by atoms with Gasteiger partial charge in [-0.25, -0.2) is 8.42 Å². The van der Waals surface area contributed by atoms with Crippen LogP contribution in [0.1, 0.15) is 44.9 Å². The van der Waals surface area contributed by atoms with Gasteiger partial charge in [0.2, 0.25) is 0 Å². The molecule has 1 aromatic carbocycles. The molecule has 0 atom stereocenters. The van der Waals surface area contributed by atoms with Crippen molar-refractivity contribution in [2.45, 2.75) is 49.8 Å². The van der Waals surface area contributed by atoms with Gasteiger partial charge in [0, 0.05) is 20.1 Å². The van der Waals surface area contributed by atoms with E-state index in [9.17, 15) is 8.42 Å². The fourth-order valence-electron chi connectivity index (χ4n) is 3.33. The van der Waals surface area contributed by atoms with Gasteiger partial charge in [-0.2, -0.15) is 0 Å². The minimum Gasteiger partial charge on any atom is -0.356 e. The first kappa shape index (κ1) is 23.2. The number of benzene rings is 1.